The summed E-state index contributed by atoms with van der Waals surface area (Å²) in [5, 5.41) is 20.1. The van der Waals surface area contributed by atoms with Crippen molar-refractivity contribution >= 4 is 0 Å². The second-order valence-corrected chi connectivity index (χ2v) is 7.10. The molecule has 2 fully saturated rings. The van der Waals surface area contributed by atoms with Crippen molar-refractivity contribution in [3.05, 3.63) is 29.8 Å². The first-order valence-electron chi connectivity index (χ1n) is 8.59. The Bertz CT molecular complexity index is 481. The minimum atomic E-state index is -0.0951. The molecule has 2 saturated carbocycles. The van der Waals surface area contributed by atoms with E-state index in [0.717, 1.165) is 19.3 Å². The van der Waals surface area contributed by atoms with Gasteiger partial charge < -0.3 is 10.2 Å². The van der Waals surface area contributed by atoms with Gasteiger partial charge in [0.25, 0.3) is 0 Å². The molecule has 5 atom stereocenters. The number of phenols is 1. The number of phenolic OH excluding ortho intramolecular Hbond substituents is 1. The molecule has 0 unspecified atom stereocenters. The molecule has 2 N–H and O–H groups in total. The number of aliphatic hydroxyl groups is 1. The van der Waals surface area contributed by atoms with Gasteiger partial charge in [-0.1, -0.05) is 32.4 Å². The van der Waals surface area contributed by atoms with Crippen LogP contribution in [-0.4, -0.2) is 16.3 Å². The standard InChI is InChI=1S/C19H28O2/c1-3-15-16(13-5-7-14(20)8-6-13)11-12-19(4-2)17(15)9-10-18(19)21/h5-8,15-18,20-21H,3-4,9-12H2,1-2H3/t15-,16-,17+,18+,19+/m0/s1. The molecule has 2 aliphatic rings. The number of hydrogen-bond acceptors (Lipinski definition) is 2. The molecule has 2 nitrogen and oxygen atoms in total. The SMILES string of the molecule is CC[C@@H]1[C@H]2CC[C@@H](O)[C@]2(CC)CC[C@H]1c1ccc(O)cc1. The normalized spacial score (nSPS) is 39.2. The summed E-state index contributed by atoms with van der Waals surface area (Å²) in [5.74, 6) is 2.27. The van der Waals surface area contributed by atoms with Crippen molar-refractivity contribution in [3.8, 4) is 5.75 Å². The lowest BCUT2D eigenvalue weighted by atomic mass is 9.56. The zero-order valence-electron chi connectivity index (χ0n) is 13.3. The summed E-state index contributed by atoms with van der Waals surface area (Å²) < 4.78 is 0. The van der Waals surface area contributed by atoms with Crippen molar-refractivity contribution in [3.63, 3.8) is 0 Å². The Morgan fingerprint density at radius 3 is 2.43 bits per heavy atom. The first kappa shape index (κ1) is 14.9. The Balaban J connectivity index is 1.91. The van der Waals surface area contributed by atoms with Gasteiger partial charge in [-0.2, -0.15) is 0 Å². The average molecular weight is 288 g/mol. The van der Waals surface area contributed by atoms with Crippen LogP contribution >= 0.6 is 0 Å². The minimum absolute atomic E-state index is 0.0951. The van der Waals surface area contributed by atoms with Gasteiger partial charge in [0.05, 0.1) is 6.10 Å². The number of aliphatic hydroxyl groups excluding tert-OH is 1. The molecule has 0 bridgehead atoms. The van der Waals surface area contributed by atoms with Gasteiger partial charge in [-0.05, 0) is 73.0 Å². The van der Waals surface area contributed by atoms with Gasteiger partial charge in [0, 0.05) is 0 Å². The minimum Gasteiger partial charge on any atom is -0.508 e. The molecule has 1 aromatic rings. The number of aromatic hydroxyl groups is 1. The van der Waals surface area contributed by atoms with Crippen LogP contribution in [0.15, 0.2) is 24.3 Å². The number of benzene rings is 1. The summed E-state index contributed by atoms with van der Waals surface area (Å²) >= 11 is 0. The smallest absolute Gasteiger partial charge is 0.115 e. The summed E-state index contributed by atoms with van der Waals surface area (Å²) in [4.78, 5) is 0. The van der Waals surface area contributed by atoms with Crippen LogP contribution in [0.25, 0.3) is 0 Å². The fourth-order valence-electron chi connectivity index (χ4n) is 5.45. The molecular weight excluding hydrogens is 260 g/mol. The Morgan fingerprint density at radius 2 is 1.81 bits per heavy atom. The quantitative estimate of drug-likeness (QED) is 0.862. The topological polar surface area (TPSA) is 40.5 Å². The van der Waals surface area contributed by atoms with Gasteiger partial charge in [0.1, 0.15) is 5.75 Å². The number of fused-ring (bicyclic) bond motifs is 1. The van der Waals surface area contributed by atoms with Crippen LogP contribution in [0.3, 0.4) is 0 Å². The lowest BCUT2D eigenvalue weighted by Crippen LogP contribution is -2.44. The monoisotopic (exact) mass is 288 g/mol. The number of rotatable bonds is 3. The van der Waals surface area contributed by atoms with Crippen LogP contribution in [0.1, 0.15) is 63.9 Å². The molecule has 0 aromatic heterocycles. The van der Waals surface area contributed by atoms with Crippen LogP contribution in [-0.2, 0) is 0 Å². The van der Waals surface area contributed by atoms with Crippen LogP contribution in [0.5, 0.6) is 5.75 Å². The third-order valence-electron chi connectivity index (χ3n) is 6.56. The van der Waals surface area contributed by atoms with Crippen molar-refractivity contribution in [2.45, 2.75) is 64.4 Å². The van der Waals surface area contributed by atoms with Gasteiger partial charge in [0.15, 0.2) is 0 Å². The largest absolute Gasteiger partial charge is 0.508 e. The maximum absolute atomic E-state index is 10.5. The van der Waals surface area contributed by atoms with Crippen molar-refractivity contribution in [1.29, 1.82) is 0 Å². The van der Waals surface area contributed by atoms with E-state index in [2.05, 4.69) is 26.0 Å². The Kier molecular flexibility index (Phi) is 4.00. The predicted octanol–water partition coefficient (Wildman–Crippen LogP) is 4.46. The highest BCUT2D eigenvalue weighted by Crippen LogP contribution is 2.60. The molecule has 0 radical (unpaired) electrons. The molecule has 0 saturated heterocycles. The third-order valence-corrected chi connectivity index (χ3v) is 6.56. The van der Waals surface area contributed by atoms with E-state index in [1.165, 1.54) is 24.8 Å². The summed E-state index contributed by atoms with van der Waals surface area (Å²) in [6.45, 7) is 4.56. The van der Waals surface area contributed by atoms with E-state index in [1.54, 1.807) is 0 Å². The third kappa shape index (κ3) is 2.28. The molecule has 0 amide bonds. The van der Waals surface area contributed by atoms with E-state index in [9.17, 15) is 10.2 Å². The second-order valence-electron chi connectivity index (χ2n) is 7.10. The molecule has 2 aliphatic carbocycles. The number of hydrogen-bond donors (Lipinski definition) is 2. The lowest BCUT2D eigenvalue weighted by Gasteiger charge is -2.49. The lowest BCUT2D eigenvalue weighted by molar-refractivity contribution is -0.0365. The zero-order chi connectivity index (χ0) is 15.0. The van der Waals surface area contributed by atoms with E-state index in [0.29, 0.717) is 23.5 Å². The van der Waals surface area contributed by atoms with Crippen molar-refractivity contribution in [1.82, 2.24) is 0 Å². The van der Waals surface area contributed by atoms with Crippen LogP contribution < -0.4 is 0 Å². The van der Waals surface area contributed by atoms with Gasteiger partial charge >= 0.3 is 0 Å². The second kappa shape index (κ2) is 5.64. The van der Waals surface area contributed by atoms with Crippen molar-refractivity contribution in [2.75, 3.05) is 0 Å². The van der Waals surface area contributed by atoms with E-state index in [1.807, 2.05) is 12.1 Å². The molecule has 3 rings (SSSR count). The molecular formula is C19H28O2. The zero-order valence-corrected chi connectivity index (χ0v) is 13.3. The molecule has 0 aliphatic heterocycles. The van der Waals surface area contributed by atoms with E-state index < -0.39 is 0 Å². The maximum atomic E-state index is 10.5. The molecule has 0 heterocycles. The molecule has 0 spiro atoms. The van der Waals surface area contributed by atoms with E-state index in [-0.39, 0.29) is 11.5 Å². The van der Waals surface area contributed by atoms with Gasteiger partial charge in [-0.15, -0.1) is 0 Å². The van der Waals surface area contributed by atoms with Crippen LogP contribution in [0, 0.1) is 17.3 Å². The van der Waals surface area contributed by atoms with Gasteiger partial charge in [-0.25, -0.2) is 0 Å². The van der Waals surface area contributed by atoms with Gasteiger partial charge in [-0.3, -0.25) is 0 Å². The molecule has 116 valence electrons. The highest BCUT2D eigenvalue weighted by molar-refractivity contribution is 5.30. The highest BCUT2D eigenvalue weighted by atomic mass is 16.3. The van der Waals surface area contributed by atoms with Gasteiger partial charge in [0.2, 0.25) is 0 Å². The predicted molar refractivity (Wildman–Crippen MR) is 85.3 cm³/mol. The summed E-state index contributed by atoms with van der Waals surface area (Å²) in [6, 6.07) is 7.81. The first-order chi connectivity index (χ1) is 10.1. The van der Waals surface area contributed by atoms with Crippen LogP contribution in [0.2, 0.25) is 0 Å². The summed E-state index contributed by atoms with van der Waals surface area (Å²) in [7, 11) is 0. The molecule has 1 aromatic carbocycles. The van der Waals surface area contributed by atoms with Crippen molar-refractivity contribution < 1.29 is 10.2 Å². The Morgan fingerprint density at radius 1 is 1.10 bits per heavy atom. The average Bonchev–Trinajstić information content (AvgIpc) is 2.85. The Labute approximate surface area is 128 Å². The fourth-order valence-corrected chi connectivity index (χ4v) is 5.45. The van der Waals surface area contributed by atoms with E-state index in [4.69, 9.17) is 0 Å². The highest BCUT2D eigenvalue weighted by Gasteiger charge is 2.54. The molecule has 21 heavy (non-hydrogen) atoms. The fraction of sp³-hybridized carbons (Fsp3) is 0.684. The Hall–Kier alpha value is -1.02. The van der Waals surface area contributed by atoms with E-state index >= 15 is 0 Å². The summed E-state index contributed by atoms with van der Waals surface area (Å²) in [5.41, 5.74) is 1.54. The van der Waals surface area contributed by atoms with Crippen molar-refractivity contribution in [2.24, 2.45) is 17.3 Å². The summed E-state index contributed by atoms with van der Waals surface area (Å²) in [6.07, 6.45) is 6.69. The maximum Gasteiger partial charge on any atom is 0.115 e. The van der Waals surface area contributed by atoms with Crippen LogP contribution in [0.4, 0.5) is 0 Å². The molecule has 2 heteroatoms. The first-order valence-corrected chi connectivity index (χ1v) is 8.59.